The van der Waals surface area contributed by atoms with E-state index in [0.717, 1.165) is 17.1 Å². The Balaban J connectivity index is 1.67. The molecule has 2 aliphatic heterocycles. The minimum Gasteiger partial charge on any atom is -0.480 e. The van der Waals surface area contributed by atoms with Gasteiger partial charge in [0.1, 0.15) is 12.1 Å². The van der Waals surface area contributed by atoms with Crippen LogP contribution in [0.15, 0.2) is 30.3 Å². The Morgan fingerprint density at radius 3 is 2.55 bits per heavy atom. The zero-order valence-electron chi connectivity index (χ0n) is 17.9. The average molecular weight is 467 g/mol. The molecule has 2 fully saturated rings. The van der Waals surface area contributed by atoms with Crippen LogP contribution in [0.25, 0.3) is 0 Å². The molecule has 0 radical (unpaired) electrons. The van der Waals surface area contributed by atoms with Gasteiger partial charge in [0.25, 0.3) is 0 Å². The Bertz CT molecular complexity index is 785. The summed E-state index contributed by atoms with van der Waals surface area (Å²) in [5.74, 6) is 0.282. The topological polar surface area (TPSA) is 95.9 Å². The number of carbonyl (C=O) groups is 3. The number of aryl methyl sites for hydroxylation is 1. The molecule has 0 aromatic heterocycles. The van der Waals surface area contributed by atoms with E-state index in [-0.39, 0.29) is 16.6 Å². The predicted molar refractivity (Wildman–Crippen MR) is 123 cm³/mol. The quantitative estimate of drug-likeness (QED) is 0.536. The van der Waals surface area contributed by atoms with E-state index in [4.69, 9.17) is 4.74 Å². The second-order valence-electron chi connectivity index (χ2n) is 7.85. The van der Waals surface area contributed by atoms with Crippen LogP contribution in [0.5, 0.6) is 0 Å². The molecule has 7 nitrogen and oxygen atoms in total. The van der Waals surface area contributed by atoms with Crippen molar-refractivity contribution in [2.45, 2.75) is 55.3 Å². The van der Waals surface area contributed by atoms with Gasteiger partial charge in [-0.1, -0.05) is 30.3 Å². The molecule has 3 rings (SSSR count). The fraction of sp³-hybridized carbons (Fsp3) is 0.591. The highest BCUT2D eigenvalue weighted by atomic mass is 32.2. The molecule has 2 N–H and O–H groups in total. The van der Waals surface area contributed by atoms with Gasteiger partial charge in [-0.15, -0.1) is 23.5 Å². The monoisotopic (exact) mass is 466 g/mol. The van der Waals surface area contributed by atoms with Crippen LogP contribution in [-0.4, -0.2) is 74.7 Å². The van der Waals surface area contributed by atoms with E-state index in [2.05, 4.69) is 5.32 Å². The summed E-state index contributed by atoms with van der Waals surface area (Å²) in [6.45, 7) is 4.11. The van der Waals surface area contributed by atoms with Gasteiger partial charge in [0.2, 0.25) is 5.91 Å². The lowest BCUT2D eigenvalue weighted by Crippen LogP contribution is -2.53. The lowest BCUT2D eigenvalue weighted by Gasteiger charge is -2.28. The molecule has 9 heteroatoms. The molecule has 0 bridgehead atoms. The number of carbonyl (C=O) groups excluding carboxylic acids is 2. The maximum Gasteiger partial charge on any atom is 0.326 e. The molecule has 1 aromatic rings. The molecule has 1 unspecified atom stereocenters. The molecule has 3 atom stereocenters. The van der Waals surface area contributed by atoms with Gasteiger partial charge in [-0.05, 0) is 32.3 Å². The van der Waals surface area contributed by atoms with Gasteiger partial charge in [0.05, 0.1) is 16.7 Å². The number of ether oxygens (including phenoxy) is 1. The van der Waals surface area contributed by atoms with Crippen LogP contribution in [0.2, 0.25) is 0 Å². The van der Waals surface area contributed by atoms with Crippen LogP contribution in [0.4, 0.5) is 0 Å². The number of carboxylic acids is 1. The molecule has 2 aliphatic rings. The largest absolute Gasteiger partial charge is 0.480 e. The number of aliphatic carboxylic acids is 1. The summed E-state index contributed by atoms with van der Waals surface area (Å²) < 4.78 is 4.98. The van der Waals surface area contributed by atoms with Gasteiger partial charge < -0.3 is 14.7 Å². The second kappa shape index (κ2) is 10.7. The zero-order chi connectivity index (χ0) is 22.4. The van der Waals surface area contributed by atoms with Crippen molar-refractivity contribution < 1.29 is 24.2 Å². The molecular weight excluding hydrogens is 436 g/mol. The van der Waals surface area contributed by atoms with Crippen LogP contribution < -0.4 is 5.32 Å². The smallest absolute Gasteiger partial charge is 0.326 e. The van der Waals surface area contributed by atoms with Crippen molar-refractivity contribution in [3.8, 4) is 0 Å². The third-order valence-electron chi connectivity index (χ3n) is 5.63. The number of hydrogen-bond acceptors (Lipinski definition) is 7. The minimum absolute atomic E-state index is 0.230. The third kappa shape index (κ3) is 5.96. The summed E-state index contributed by atoms with van der Waals surface area (Å²) >= 11 is 3.50. The van der Waals surface area contributed by atoms with Crippen LogP contribution in [-0.2, 0) is 25.5 Å². The van der Waals surface area contributed by atoms with Crippen molar-refractivity contribution in [1.82, 2.24) is 10.2 Å². The molecule has 170 valence electrons. The molecule has 2 heterocycles. The average Bonchev–Trinajstić information content (AvgIpc) is 3.38. The number of esters is 1. The molecule has 31 heavy (non-hydrogen) atoms. The first-order valence-corrected chi connectivity index (χ1v) is 12.6. The van der Waals surface area contributed by atoms with Crippen molar-refractivity contribution in [2.75, 3.05) is 24.7 Å². The second-order valence-corrected chi connectivity index (χ2v) is 11.1. The fourth-order valence-corrected chi connectivity index (χ4v) is 7.34. The summed E-state index contributed by atoms with van der Waals surface area (Å²) in [4.78, 5) is 39.1. The Morgan fingerprint density at radius 1 is 1.26 bits per heavy atom. The van der Waals surface area contributed by atoms with E-state index in [1.165, 1.54) is 4.90 Å². The molecule has 1 spiro atoms. The number of hydrogen-bond donors (Lipinski definition) is 2. The van der Waals surface area contributed by atoms with E-state index in [1.54, 1.807) is 37.4 Å². The van der Waals surface area contributed by atoms with Gasteiger partial charge in [-0.2, -0.15) is 0 Å². The zero-order valence-corrected chi connectivity index (χ0v) is 19.5. The Morgan fingerprint density at radius 2 is 1.94 bits per heavy atom. The molecule has 0 aliphatic carbocycles. The summed E-state index contributed by atoms with van der Waals surface area (Å²) in [6.07, 6.45) is 1.60. The van der Waals surface area contributed by atoms with E-state index in [1.807, 2.05) is 30.3 Å². The van der Waals surface area contributed by atoms with Gasteiger partial charge in [0.15, 0.2) is 0 Å². The lowest BCUT2D eigenvalue weighted by atomic mass is 10.0. The van der Waals surface area contributed by atoms with Crippen molar-refractivity contribution in [3.63, 3.8) is 0 Å². The highest BCUT2D eigenvalue weighted by Gasteiger charge is 2.52. The highest BCUT2D eigenvalue weighted by molar-refractivity contribution is 8.21. The number of benzene rings is 1. The van der Waals surface area contributed by atoms with Crippen LogP contribution >= 0.6 is 23.5 Å². The number of amides is 1. The van der Waals surface area contributed by atoms with E-state index in [9.17, 15) is 19.5 Å². The van der Waals surface area contributed by atoms with Gasteiger partial charge >= 0.3 is 11.9 Å². The summed E-state index contributed by atoms with van der Waals surface area (Å²) in [5, 5.41) is 12.8. The number of nitrogens with one attached hydrogen (secondary N) is 1. The normalized spacial score (nSPS) is 21.7. The highest BCUT2D eigenvalue weighted by Crippen LogP contribution is 2.51. The maximum atomic E-state index is 13.2. The third-order valence-corrected chi connectivity index (χ3v) is 9.06. The van der Waals surface area contributed by atoms with E-state index < -0.39 is 30.1 Å². The number of likely N-dealkylation sites (tertiary alicyclic amines) is 1. The van der Waals surface area contributed by atoms with E-state index >= 15 is 0 Å². The standard InChI is InChI=1S/C22H30N2O5S2/c1-3-29-21(28)17(10-9-16-7-5-4-6-8-16)23-15(2)19(25)24-14-22(30-11-12-31-22)13-18(24)20(26)27/h4-8,15,17-18,23H,3,9-14H2,1-2H3,(H,26,27)/t15-,17-,18?/m0/s1. The molecule has 1 amide bonds. The van der Waals surface area contributed by atoms with E-state index in [0.29, 0.717) is 25.8 Å². The number of rotatable bonds is 9. The fourth-order valence-electron chi connectivity index (χ4n) is 4.09. The first-order chi connectivity index (χ1) is 14.8. The van der Waals surface area contributed by atoms with Gasteiger partial charge in [-0.3, -0.25) is 14.9 Å². The first kappa shape index (κ1) is 23.9. The van der Waals surface area contributed by atoms with Crippen LogP contribution in [0, 0.1) is 0 Å². The van der Waals surface area contributed by atoms with Gasteiger partial charge in [-0.25, -0.2) is 4.79 Å². The Labute approximate surface area is 191 Å². The molecular formula is C22H30N2O5S2. The summed E-state index contributed by atoms with van der Waals surface area (Å²) in [5.41, 5.74) is 1.10. The SMILES string of the molecule is CCOC(=O)[C@H](CCc1ccccc1)N[C@@H](C)C(=O)N1CC2(CC1C(=O)O)SCCS2. The molecule has 1 aromatic carbocycles. The Kier molecular flexibility index (Phi) is 8.30. The van der Waals surface area contributed by atoms with Crippen molar-refractivity contribution in [3.05, 3.63) is 35.9 Å². The Hall–Kier alpha value is -1.71. The summed E-state index contributed by atoms with van der Waals surface area (Å²) in [6, 6.07) is 7.65. The first-order valence-electron chi connectivity index (χ1n) is 10.6. The maximum absolute atomic E-state index is 13.2. The number of nitrogens with zero attached hydrogens (tertiary/aromatic N) is 1. The minimum atomic E-state index is -0.975. The van der Waals surface area contributed by atoms with Crippen molar-refractivity contribution >= 4 is 41.4 Å². The van der Waals surface area contributed by atoms with Crippen LogP contribution in [0.3, 0.4) is 0 Å². The number of thioether (sulfide) groups is 2. The van der Waals surface area contributed by atoms with Crippen molar-refractivity contribution in [2.24, 2.45) is 0 Å². The number of carboxylic acid groups (broad SMARTS) is 1. The van der Waals surface area contributed by atoms with Crippen molar-refractivity contribution in [1.29, 1.82) is 0 Å². The molecule has 2 saturated heterocycles. The summed E-state index contributed by atoms with van der Waals surface area (Å²) in [7, 11) is 0. The predicted octanol–water partition coefficient (Wildman–Crippen LogP) is 2.39. The van der Waals surface area contributed by atoms with Crippen LogP contribution in [0.1, 0.15) is 32.3 Å². The lowest BCUT2D eigenvalue weighted by molar-refractivity contribution is -0.150. The van der Waals surface area contributed by atoms with Gasteiger partial charge in [0, 0.05) is 24.5 Å². The molecule has 0 saturated carbocycles.